The topological polar surface area (TPSA) is 78.4 Å². The molecule has 0 fully saturated rings. The molecule has 0 bridgehead atoms. The molecule has 98 valence electrons. The van der Waals surface area contributed by atoms with E-state index < -0.39 is 5.97 Å². The van der Waals surface area contributed by atoms with Crippen molar-refractivity contribution in [3.63, 3.8) is 0 Å². The van der Waals surface area contributed by atoms with Gasteiger partial charge in [-0.3, -0.25) is 9.59 Å². The first-order valence-electron chi connectivity index (χ1n) is 5.12. The Balaban J connectivity index is 2.30. The summed E-state index contributed by atoms with van der Waals surface area (Å²) in [5.41, 5.74) is 0.885. The van der Waals surface area contributed by atoms with E-state index in [1.54, 1.807) is 18.2 Å². The number of carbonyl (C=O) groups is 2. The van der Waals surface area contributed by atoms with Crippen molar-refractivity contribution in [1.82, 2.24) is 10.6 Å². The second-order valence-corrected chi connectivity index (χ2v) is 4.34. The minimum atomic E-state index is -1.08. The number of amides is 1. The lowest BCUT2D eigenvalue weighted by atomic mass is 10.2. The van der Waals surface area contributed by atoms with Crippen molar-refractivity contribution in [1.29, 1.82) is 0 Å². The Hall–Kier alpha value is -1.30. The summed E-state index contributed by atoms with van der Waals surface area (Å²) in [4.78, 5) is 21.4. The van der Waals surface area contributed by atoms with Crippen molar-refractivity contribution in [3.05, 3.63) is 33.8 Å². The summed E-state index contributed by atoms with van der Waals surface area (Å²) < 4.78 is 0. The lowest BCUT2D eigenvalue weighted by molar-refractivity contribution is -0.137. The summed E-state index contributed by atoms with van der Waals surface area (Å²) >= 11 is 11.6. The number of benzene rings is 1. The third-order valence-corrected chi connectivity index (χ3v) is 2.77. The minimum absolute atomic E-state index is 0.0352. The fourth-order valence-electron chi connectivity index (χ4n) is 1.21. The highest BCUT2D eigenvalue weighted by atomic mass is 35.5. The largest absolute Gasteiger partial charge is 0.480 e. The maximum atomic E-state index is 11.2. The standard InChI is InChI=1S/C11H12Cl2N2O3/c12-8-2-1-7(3-9(8)13)4-14-5-10(16)15-6-11(17)18/h1-3,14H,4-6H2,(H,15,16)(H,17,18). The first-order valence-corrected chi connectivity index (χ1v) is 5.88. The first-order chi connectivity index (χ1) is 8.49. The monoisotopic (exact) mass is 290 g/mol. The first kappa shape index (κ1) is 14.8. The molecule has 18 heavy (non-hydrogen) atoms. The van der Waals surface area contributed by atoms with Gasteiger partial charge in [0.15, 0.2) is 0 Å². The number of aliphatic carboxylic acids is 1. The molecule has 0 atom stereocenters. The quantitative estimate of drug-likeness (QED) is 0.738. The molecule has 3 N–H and O–H groups in total. The highest BCUT2D eigenvalue weighted by Crippen LogP contribution is 2.22. The number of carbonyl (C=O) groups excluding carboxylic acids is 1. The molecule has 0 heterocycles. The SMILES string of the molecule is O=C(O)CNC(=O)CNCc1ccc(Cl)c(Cl)c1. The Bertz CT molecular complexity index is 452. The third-order valence-electron chi connectivity index (χ3n) is 2.04. The lowest BCUT2D eigenvalue weighted by Gasteiger charge is -2.06. The molecule has 1 rings (SSSR count). The van der Waals surface area contributed by atoms with Gasteiger partial charge >= 0.3 is 5.97 Å². The zero-order valence-corrected chi connectivity index (χ0v) is 10.9. The summed E-state index contributed by atoms with van der Waals surface area (Å²) in [6.45, 7) is 0.0954. The van der Waals surface area contributed by atoms with E-state index in [1.807, 2.05) is 0 Å². The van der Waals surface area contributed by atoms with Crippen LogP contribution in [0, 0.1) is 0 Å². The van der Waals surface area contributed by atoms with E-state index in [1.165, 1.54) is 0 Å². The smallest absolute Gasteiger partial charge is 0.322 e. The molecule has 0 radical (unpaired) electrons. The summed E-state index contributed by atoms with van der Waals surface area (Å²) in [6.07, 6.45) is 0. The van der Waals surface area contributed by atoms with E-state index in [0.29, 0.717) is 16.6 Å². The van der Waals surface area contributed by atoms with Crippen LogP contribution in [0.4, 0.5) is 0 Å². The molecule has 0 unspecified atom stereocenters. The number of halogens is 2. The molecule has 0 saturated heterocycles. The van der Waals surface area contributed by atoms with Crippen molar-refractivity contribution in [2.45, 2.75) is 6.54 Å². The van der Waals surface area contributed by atoms with Gasteiger partial charge in [-0.1, -0.05) is 29.3 Å². The highest BCUT2D eigenvalue weighted by molar-refractivity contribution is 6.42. The van der Waals surface area contributed by atoms with Gasteiger partial charge in [-0.15, -0.1) is 0 Å². The van der Waals surface area contributed by atoms with Gasteiger partial charge in [-0.2, -0.15) is 0 Å². The number of carboxylic acids is 1. The summed E-state index contributed by atoms with van der Waals surface area (Å²) in [5, 5.41) is 14.4. The highest BCUT2D eigenvalue weighted by Gasteiger charge is 2.04. The Morgan fingerprint density at radius 3 is 2.50 bits per heavy atom. The predicted molar refractivity (Wildman–Crippen MR) is 68.8 cm³/mol. The lowest BCUT2D eigenvalue weighted by Crippen LogP contribution is -2.36. The molecule has 0 saturated carbocycles. The van der Waals surface area contributed by atoms with Gasteiger partial charge in [0.2, 0.25) is 5.91 Å². The van der Waals surface area contributed by atoms with Crippen molar-refractivity contribution in [3.8, 4) is 0 Å². The maximum absolute atomic E-state index is 11.2. The van der Waals surface area contributed by atoms with Crippen molar-refractivity contribution >= 4 is 35.1 Å². The van der Waals surface area contributed by atoms with E-state index in [2.05, 4.69) is 10.6 Å². The number of carboxylic acid groups (broad SMARTS) is 1. The van der Waals surface area contributed by atoms with Crippen molar-refractivity contribution < 1.29 is 14.7 Å². The van der Waals surface area contributed by atoms with Crippen LogP contribution >= 0.6 is 23.2 Å². The maximum Gasteiger partial charge on any atom is 0.322 e. The Labute approximate surface area is 114 Å². The number of rotatable bonds is 6. The molecular weight excluding hydrogens is 279 g/mol. The Kier molecular flexibility index (Phi) is 5.91. The zero-order chi connectivity index (χ0) is 13.5. The van der Waals surface area contributed by atoms with Gasteiger partial charge < -0.3 is 15.7 Å². The van der Waals surface area contributed by atoms with Gasteiger partial charge in [0.05, 0.1) is 16.6 Å². The molecule has 0 aliphatic heterocycles. The molecule has 1 aromatic rings. The molecule has 0 spiro atoms. The van der Waals surface area contributed by atoms with Gasteiger partial charge in [-0.05, 0) is 17.7 Å². The van der Waals surface area contributed by atoms with E-state index in [4.69, 9.17) is 28.3 Å². The van der Waals surface area contributed by atoms with Crippen LogP contribution in [0.2, 0.25) is 10.0 Å². The summed E-state index contributed by atoms with van der Waals surface area (Å²) in [5.74, 6) is -1.45. The van der Waals surface area contributed by atoms with Gasteiger partial charge in [0.1, 0.15) is 6.54 Å². The second-order valence-electron chi connectivity index (χ2n) is 3.52. The normalized spacial score (nSPS) is 10.1. The molecule has 0 aliphatic rings. The summed E-state index contributed by atoms with van der Waals surface area (Å²) in [7, 11) is 0. The summed E-state index contributed by atoms with van der Waals surface area (Å²) in [6, 6.07) is 5.16. The van der Waals surface area contributed by atoms with E-state index in [0.717, 1.165) is 5.56 Å². The van der Waals surface area contributed by atoms with Gasteiger partial charge in [0.25, 0.3) is 0 Å². The van der Waals surface area contributed by atoms with E-state index in [-0.39, 0.29) is 19.0 Å². The predicted octanol–water partition coefficient (Wildman–Crippen LogP) is 1.28. The molecular formula is C11H12Cl2N2O3. The fourth-order valence-corrected chi connectivity index (χ4v) is 1.53. The molecule has 1 aromatic carbocycles. The second kappa shape index (κ2) is 7.20. The van der Waals surface area contributed by atoms with Crippen LogP contribution in [0.5, 0.6) is 0 Å². The van der Waals surface area contributed by atoms with Crippen LogP contribution in [0.15, 0.2) is 18.2 Å². The average molecular weight is 291 g/mol. The number of hydrogen-bond donors (Lipinski definition) is 3. The average Bonchev–Trinajstić information content (AvgIpc) is 2.31. The molecule has 5 nitrogen and oxygen atoms in total. The van der Waals surface area contributed by atoms with E-state index >= 15 is 0 Å². The third kappa shape index (κ3) is 5.35. The fraction of sp³-hybridized carbons (Fsp3) is 0.273. The van der Waals surface area contributed by atoms with Crippen LogP contribution in [0.1, 0.15) is 5.56 Å². The van der Waals surface area contributed by atoms with Crippen molar-refractivity contribution in [2.75, 3.05) is 13.1 Å². The Morgan fingerprint density at radius 1 is 1.17 bits per heavy atom. The number of nitrogens with one attached hydrogen (secondary N) is 2. The molecule has 1 amide bonds. The van der Waals surface area contributed by atoms with Crippen LogP contribution in [0.3, 0.4) is 0 Å². The van der Waals surface area contributed by atoms with Crippen LogP contribution in [0.25, 0.3) is 0 Å². The molecule has 0 aliphatic carbocycles. The van der Waals surface area contributed by atoms with Gasteiger partial charge in [0, 0.05) is 6.54 Å². The molecule has 0 aromatic heterocycles. The number of hydrogen-bond acceptors (Lipinski definition) is 3. The minimum Gasteiger partial charge on any atom is -0.480 e. The molecule has 7 heteroatoms. The van der Waals surface area contributed by atoms with Gasteiger partial charge in [-0.25, -0.2) is 0 Å². The Morgan fingerprint density at radius 2 is 1.89 bits per heavy atom. The zero-order valence-electron chi connectivity index (χ0n) is 9.37. The van der Waals surface area contributed by atoms with Crippen LogP contribution < -0.4 is 10.6 Å². The van der Waals surface area contributed by atoms with Crippen LogP contribution in [-0.4, -0.2) is 30.1 Å². The van der Waals surface area contributed by atoms with Crippen LogP contribution in [-0.2, 0) is 16.1 Å². The van der Waals surface area contributed by atoms with E-state index in [9.17, 15) is 9.59 Å². The van der Waals surface area contributed by atoms with Crippen molar-refractivity contribution in [2.24, 2.45) is 0 Å².